The highest BCUT2D eigenvalue weighted by molar-refractivity contribution is 5.74. The molecule has 0 bridgehead atoms. The molecule has 1 aliphatic heterocycles. The summed E-state index contributed by atoms with van der Waals surface area (Å²) < 4.78 is 5.29. The minimum Gasteiger partial charge on any atom is -0.461 e. The predicted octanol–water partition coefficient (Wildman–Crippen LogP) is 1.52. The van der Waals surface area contributed by atoms with Crippen LogP contribution < -0.4 is 5.73 Å². The Labute approximate surface area is 112 Å². The highest BCUT2D eigenvalue weighted by Crippen LogP contribution is 2.19. The molecule has 2 rings (SSSR count). The number of benzene rings is 1. The van der Waals surface area contributed by atoms with Gasteiger partial charge in [-0.25, -0.2) is 4.79 Å². The van der Waals surface area contributed by atoms with Crippen molar-refractivity contribution in [3.05, 3.63) is 35.9 Å². The maximum absolute atomic E-state index is 11.9. The summed E-state index contributed by atoms with van der Waals surface area (Å²) in [5, 5.41) is 0. The van der Waals surface area contributed by atoms with Crippen molar-refractivity contribution in [2.24, 2.45) is 11.7 Å². The van der Waals surface area contributed by atoms with Gasteiger partial charge in [-0.1, -0.05) is 30.3 Å². The molecule has 102 valence electrons. The Hall–Kier alpha value is -2.04. The number of likely N-dealkylation sites (tertiary alicyclic amines) is 1. The third-order valence-corrected chi connectivity index (χ3v) is 3.36. The summed E-state index contributed by atoms with van der Waals surface area (Å²) in [5.74, 6) is -0.313. The van der Waals surface area contributed by atoms with E-state index in [4.69, 9.17) is 10.5 Å². The number of ether oxygens (including phenoxy) is 1. The first-order valence-corrected chi connectivity index (χ1v) is 6.42. The largest absolute Gasteiger partial charge is 0.461 e. The van der Waals surface area contributed by atoms with E-state index < -0.39 is 6.03 Å². The van der Waals surface area contributed by atoms with Crippen LogP contribution in [0, 0.1) is 5.92 Å². The second-order valence-electron chi connectivity index (χ2n) is 4.69. The molecular formula is C14H18N2O3. The Morgan fingerprint density at radius 1 is 1.21 bits per heavy atom. The Morgan fingerprint density at radius 2 is 1.84 bits per heavy atom. The summed E-state index contributed by atoms with van der Waals surface area (Å²) in [4.78, 5) is 24.4. The molecule has 0 radical (unpaired) electrons. The molecule has 1 aromatic carbocycles. The average molecular weight is 262 g/mol. The average Bonchev–Trinajstić information content (AvgIpc) is 2.46. The van der Waals surface area contributed by atoms with Crippen LogP contribution in [-0.4, -0.2) is 30.0 Å². The number of piperidine rings is 1. The zero-order valence-electron chi connectivity index (χ0n) is 10.7. The lowest BCUT2D eigenvalue weighted by molar-refractivity contribution is -0.151. The van der Waals surface area contributed by atoms with Gasteiger partial charge in [0.1, 0.15) is 6.61 Å². The molecule has 2 amide bonds. The van der Waals surface area contributed by atoms with E-state index >= 15 is 0 Å². The second-order valence-corrected chi connectivity index (χ2v) is 4.69. The standard InChI is InChI=1S/C14H18N2O3/c15-14(18)16-8-6-12(7-9-16)13(17)19-10-11-4-2-1-3-5-11/h1-5,12H,6-10H2,(H2,15,18). The Morgan fingerprint density at radius 3 is 2.42 bits per heavy atom. The van der Waals surface area contributed by atoms with Gasteiger partial charge in [0.05, 0.1) is 5.92 Å². The van der Waals surface area contributed by atoms with E-state index in [9.17, 15) is 9.59 Å². The van der Waals surface area contributed by atoms with Gasteiger partial charge < -0.3 is 15.4 Å². The number of esters is 1. The Kier molecular flexibility index (Phi) is 4.39. The fraction of sp³-hybridized carbons (Fsp3) is 0.429. The Bertz CT molecular complexity index is 439. The SMILES string of the molecule is NC(=O)N1CCC(C(=O)OCc2ccccc2)CC1. The van der Waals surface area contributed by atoms with Gasteiger partial charge in [0.2, 0.25) is 0 Å². The molecule has 5 nitrogen and oxygen atoms in total. The number of nitrogens with two attached hydrogens (primary N) is 1. The molecule has 2 N–H and O–H groups in total. The summed E-state index contributed by atoms with van der Waals surface area (Å²) in [5.41, 5.74) is 6.17. The fourth-order valence-corrected chi connectivity index (χ4v) is 2.18. The van der Waals surface area contributed by atoms with Crippen LogP contribution in [0.3, 0.4) is 0 Å². The van der Waals surface area contributed by atoms with Crippen LogP contribution in [0.25, 0.3) is 0 Å². The summed E-state index contributed by atoms with van der Waals surface area (Å²) in [6, 6.07) is 9.16. The number of urea groups is 1. The fourth-order valence-electron chi connectivity index (χ4n) is 2.18. The molecule has 1 heterocycles. The normalized spacial score (nSPS) is 16.1. The number of primary amides is 1. The lowest BCUT2D eigenvalue weighted by Crippen LogP contribution is -2.43. The first-order chi connectivity index (χ1) is 9.16. The van der Waals surface area contributed by atoms with Crippen molar-refractivity contribution in [2.45, 2.75) is 19.4 Å². The first-order valence-electron chi connectivity index (χ1n) is 6.42. The highest BCUT2D eigenvalue weighted by atomic mass is 16.5. The number of amides is 2. The molecule has 0 unspecified atom stereocenters. The zero-order valence-corrected chi connectivity index (χ0v) is 10.7. The molecule has 0 saturated carbocycles. The van der Waals surface area contributed by atoms with E-state index in [0.29, 0.717) is 32.5 Å². The topological polar surface area (TPSA) is 72.6 Å². The molecule has 0 aromatic heterocycles. The molecule has 0 spiro atoms. The van der Waals surface area contributed by atoms with Gasteiger partial charge in [0, 0.05) is 13.1 Å². The molecule has 1 aliphatic rings. The van der Waals surface area contributed by atoms with Crippen LogP contribution in [0.15, 0.2) is 30.3 Å². The molecule has 0 aliphatic carbocycles. The first kappa shape index (κ1) is 13.4. The maximum Gasteiger partial charge on any atom is 0.314 e. The van der Waals surface area contributed by atoms with Crippen LogP contribution in [0.2, 0.25) is 0 Å². The quantitative estimate of drug-likeness (QED) is 0.839. The smallest absolute Gasteiger partial charge is 0.314 e. The number of carbonyl (C=O) groups excluding carboxylic acids is 2. The van der Waals surface area contributed by atoms with Crippen LogP contribution in [0.4, 0.5) is 4.79 Å². The van der Waals surface area contributed by atoms with E-state index in [1.165, 1.54) is 0 Å². The van der Waals surface area contributed by atoms with Crippen molar-refractivity contribution >= 4 is 12.0 Å². The van der Waals surface area contributed by atoms with Crippen LogP contribution in [-0.2, 0) is 16.1 Å². The molecule has 1 aromatic rings. The van der Waals surface area contributed by atoms with E-state index in [1.807, 2.05) is 30.3 Å². The monoisotopic (exact) mass is 262 g/mol. The third kappa shape index (κ3) is 3.71. The van der Waals surface area contributed by atoms with Crippen LogP contribution in [0.1, 0.15) is 18.4 Å². The van der Waals surface area contributed by atoms with Crippen molar-refractivity contribution < 1.29 is 14.3 Å². The molecule has 19 heavy (non-hydrogen) atoms. The molecule has 1 saturated heterocycles. The second kappa shape index (κ2) is 6.22. The van der Waals surface area contributed by atoms with E-state index in [0.717, 1.165) is 5.56 Å². The Balaban J connectivity index is 1.77. The maximum atomic E-state index is 11.9. The molecular weight excluding hydrogens is 244 g/mol. The van der Waals surface area contributed by atoms with Gasteiger partial charge >= 0.3 is 12.0 Å². The lowest BCUT2D eigenvalue weighted by Gasteiger charge is -2.29. The minimum atomic E-state index is -0.420. The molecule has 5 heteroatoms. The van der Waals surface area contributed by atoms with Gasteiger partial charge in [-0.3, -0.25) is 4.79 Å². The van der Waals surface area contributed by atoms with Crippen molar-refractivity contribution in [1.82, 2.24) is 4.90 Å². The van der Waals surface area contributed by atoms with Gasteiger partial charge in [-0.2, -0.15) is 0 Å². The van der Waals surface area contributed by atoms with E-state index in [-0.39, 0.29) is 11.9 Å². The molecule has 1 fully saturated rings. The lowest BCUT2D eigenvalue weighted by atomic mass is 9.97. The van der Waals surface area contributed by atoms with Crippen molar-refractivity contribution in [3.63, 3.8) is 0 Å². The van der Waals surface area contributed by atoms with Crippen molar-refractivity contribution in [3.8, 4) is 0 Å². The highest BCUT2D eigenvalue weighted by Gasteiger charge is 2.27. The number of carbonyl (C=O) groups is 2. The third-order valence-electron chi connectivity index (χ3n) is 3.36. The van der Waals surface area contributed by atoms with Crippen LogP contribution in [0.5, 0.6) is 0 Å². The van der Waals surface area contributed by atoms with Crippen molar-refractivity contribution in [2.75, 3.05) is 13.1 Å². The van der Waals surface area contributed by atoms with Gasteiger partial charge in [0.15, 0.2) is 0 Å². The van der Waals surface area contributed by atoms with Gasteiger partial charge in [0.25, 0.3) is 0 Å². The summed E-state index contributed by atoms with van der Waals surface area (Å²) in [7, 11) is 0. The zero-order chi connectivity index (χ0) is 13.7. The minimum absolute atomic E-state index is 0.126. The van der Waals surface area contributed by atoms with Crippen LogP contribution >= 0.6 is 0 Å². The van der Waals surface area contributed by atoms with E-state index in [1.54, 1.807) is 4.90 Å². The number of hydrogen-bond donors (Lipinski definition) is 1. The number of hydrogen-bond acceptors (Lipinski definition) is 3. The predicted molar refractivity (Wildman–Crippen MR) is 70.1 cm³/mol. The summed E-state index contributed by atoms with van der Waals surface area (Å²) in [6.07, 6.45) is 1.24. The van der Waals surface area contributed by atoms with Gasteiger partial charge in [-0.15, -0.1) is 0 Å². The number of rotatable bonds is 3. The summed E-state index contributed by atoms with van der Waals surface area (Å²) >= 11 is 0. The summed E-state index contributed by atoms with van der Waals surface area (Å²) in [6.45, 7) is 1.36. The van der Waals surface area contributed by atoms with E-state index in [2.05, 4.69) is 0 Å². The molecule has 0 atom stereocenters. The number of nitrogens with zero attached hydrogens (tertiary/aromatic N) is 1. The van der Waals surface area contributed by atoms with Gasteiger partial charge in [-0.05, 0) is 18.4 Å². The van der Waals surface area contributed by atoms with Crippen molar-refractivity contribution in [1.29, 1.82) is 0 Å².